The summed E-state index contributed by atoms with van der Waals surface area (Å²) in [6.45, 7) is 1.81. The maximum Gasteiger partial charge on any atom is 0.216 e. The van der Waals surface area contributed by atoms with E-state index in [0.29, 0.717) is 45.3 Å². The van der Waals surface area contributed by atoms with Gasteiger partial charge in [0.05, 0.1) is 11.3 Å². The average molecular weight is 470 g/mol. The number of ether oxygens (including phenoxy) is 1. The minimum Gasteiger partial charge on any atom is -0.482 e. The number of anilines is 1. The average Bonchev–Trinajstić information content (AvgIpc) is 3.62. The lowest BCUT2D eigenvalue weighted by atomic mass is 9.92. The molecule has 1 fully saturated rings. The van der Waals surface area contributed by atoms with Crippen LogP contribution in [-0.4, -0.2) is 25.5 Å². The molecule has 1 aliphatic heterocycles. The van der Waals surface area contributed by atoms with Gasteiger partial charge in [0.1, 0.15) is 17.6 Å². The summed E-state index contributed by atoms with van der Waals surface area (Å²) in [5.74, 6) is 0.510. The second-order valence-corrected chi connectivity index (χ2v) is 9.27. The molecule has 1 saturated carbocycles. The number of hydrogen-bond acceptors (Lipinski definition) is 6. The van der Waals surface area contributed by atoms with E-state index in [1.165, 1.54) is 25.0 Å². The number of pyridine rings is 2. The van der Waals surface area contributed by atoms with E-state index in [-0.39, 0.29) is 11.6 Å². The summed E-state index contributed by atoms with van der Waals surface area (Å²) in [4.78, 5) is 23.0. The largest absolute Gasteiger partial charge is 0.482 e. The Morgan fingerprint density at radius 3 is 2.77 bits per heavy atom. The molecule has 3 aromatic heterocycles. The van der Waals surface area contributed by atoms with Crippen LogP contribution in [0.5, 0.6) is 5.75 Å². The summed E-state index contributed by atoms with van der Waals surface area (Å²) in [5.41, 5.74) is 10.9. The van der Waals surface area contributed by atoms with Gasteiger partial charge in [-0.3, -0.25) is 14.5 Å². The number of hydrogen-bond donors (Lipinski definition) is 1. The van der Waals surface area contributed by atoms with E-state index in [0.717, 1.165) is 17.7 Å². The number of fused-ring (bicyclic) bond motifs is 7. The number of nitrogen functional groups attached to an aromatic ring is 1. The summed E-state index contributed by atoms with van der Waals surface area (Å²) in [7, 11) is 1.86. The Morgan fingerprint density at radius 2 is 1.97 bits per heavy atom. The second-order valence-electron chi connectivity index (χ2n) is 9.27. The molecule has 35 heavy (non-hydrogen) atoms. The number of rotatable bonds is 2. The molecule has 1 aliphatic carbocycles. The minimum absolute atomic E-state index is 0.217. The highest BCUT2D eigenvalue weighted by Gasteiger charge is 2.32. The quantitative estimate of drug-likeness (QED) is 0.449. The zero-order valence-electron chi connectivity index (χ0n) is 19.5. The topological polar surface area (TPSA) is 95.9 Å². The fourth-order valence-electron chi connectivity index (χ4n) is 4.81. The second kappa shape index (κ2) is 8.01. The highest BCUT2D eigenvalue weighted by atomic mass is 19.1. The summed E-state index contributed by atoms with van der Waals surface area (Å²) in [5, 5.41) is 4.68. The standard InChI is InChI=1S/C27H24FN5O2/c1-14-20-12-17(28)7-8-18(20)24-19(4-3-9-30-24)26(34)25-23(16-11-22(35-14)27(29)31-13-16)21(33(2)32-25)10-15-5-6-15/h3-4,7-9,11-15H,5-6,10H2,1-2H3,(H2,29,31)/t14-/m1/s1. The molecule has 0 radical (unpaired) electrons. The number of ketones is 1. The third kappa shape index (κ3) is 3.65. The van der Waals surface area contributed by atoms with Crippen LogP contribution in [0.3, 0.4) is 0 Å². The van der Waals surface area contributed by atoms with Gasteiger partial charge in [0, 0.05) is 47.4 Å². The van der Waals surface area contributed by atoms with Crippen LogP contribution in [0.15, 0.2) is 48.8 Å². The van der Waals surface area contributed by atoms with Gasteiger partial charge in [0.25, 0.3) is 0 Å². The first-order valence-electron chi connectivity index (χ1n) is 11.7. The van der Waals surface area contributed by atoms with Crippen molar-refractivity contribution < 1.29 is 13.9 Å². The van der Waals surface area contributed by atoms with Crippen molar-refractivity contribution in [3.8, 4) is 28.1 Å². The Labute approximate surface area is 201 Å². The van der Waals surface area contributed by atoms with Crippen molar-refractivity contribution >= 4 is 11.6 Å². The van der Waals surface area contributed by atoms with E-state index in [4.69, 9.17) is 10.5 Å². The number of aromatic nitrogens is 4. The van der Waals surface area contributed by atoms with Crippen LogP contribution in [0.2, 0.25) is 0 Å². The Kier molecular flexibility index (Phi) is 4.91. The molecule has 2 aliphatic rings. The number of carbonyl (C=O) groups excluding carboxylic acids is 1. The lowest BCUT2D eigenvalue weighted by Gasteiger charge is -2.21. The van der Waals surface area contributed by atoms with Gasteiger partial charge in [-0.05, 0) is 68.5 Å². The number of aryl methyl sites for hydroxylation is 1. The van der Waals surface area contributed by atoms with E-state index in [2.05, 4.69) is 15.1 Å². The van der Waals surface area contributed by atoms with Crippen LogP contribution < -0.4 is 10.5 Å². The van der Waals surface area contributed by atoms with Gasteiger partial charge in [-0.2, -0.15) is 5.10 Å². The van der Waals surface area contributed by atoms with E-state index < -0.39 is 11.9 Å². The van der Waals surface area contributed by atoms with E-state index in [1.807, 2.05) is 14.0 Å². The van der Waals surface area contributed by atoms with Gasteiger partial charge in [0.2, 0.25) is 5.78 Å². The Hall–Kier alpha value is -4.07. The Morgan fingerprint density at radius 1 is 1.14 bits per heavy atom. The van der Waals surface area contributed by atoms with E-state index >= 15 is 0 Å². The normalized spacial score (nSPS) is 16.9. The third-order valence-electron chi connectivity index (χ3n) is 6.79. The van der Waals surface area contributed by atoms with Crippen LogP contribution in [0.1, 0.15) is 53.2 Å². The molecule has 4 aromatic rings. The van der Waals surface area contributed by atoms with Crippen LogP contribution in [0.25, 0.3) is 22.4 Å². The van der Waals surface area contributed by atoms with Crippen molar-refractivity contribution in [3.05, 3.63) is 77.1 Å². The molecule has 0 amide bonds. The first kappa shape index (κ1) is 21.5. The molecule has 1 aromatic carbocycles. The van der Waals surface area contributed by atoms with Gasteiger partial charge >= 0.3 is 0 Å². The number of nitrogens with two attached hydrogens (primary N) is 1. The van der Waals surface area contributed by atoms with Crippen LogP contribution in [-0.2, 0) is 13.5 Å². The van der Waals surface area contributed by atoms with Crippen LogP contribution >= 0.6 is 0 Å². The highest BCUT2D eigenvalue weighted by Crippen LogP contribution is 2.41. The number of nitrogens with zero attached hydrogens (tertiary/aromatic N) is 4. The smallest absolute Gasteiger partial charge is 0.216 e. The molecule has 7 nitrogen and oxygen atoms in total. The molecule has 0 spiro atoms. The van der Waals surface area contributed by atoms with Crippen LogP contribution in [0.4, 0.5) is 10.2 Å². The number of halogens is 1. The van der Waals surface area contributed by atoms with Crippen molar-refractivity contribution in [1.82, 2.24) is 19.7 Å². The molecule has 176 valence electrons. The fourth-order valence-corrected chi connectivity index (χ4v) is 4.81. The van der Waals surface area contributed by atoms with Crippen molar-refractivity contribution in [2.45, 2.75) is 32.3 Å². The fraction of sp³-hybridized carbons (Fsp3) is 0.259. The summed E-state index contributed by atoms with van der Waals surface area (Å²) < 4.78 is 22.4. The van der Waals surface area contributed by atoms with Crippen molar-refractivity contribution in [2.75, 3.05) is 5.73 Å². The maximum atomic E-state index is 14.3. The molecule has 6 rings (SSSR count). The summed E-state index contributed by atoms with van der Waals surface area (Å²) in [6.07, 6.45) is 5.85. The molecular formula is C27H24FN5O2. The predicted molar refractivity (Wildman–Crippen MR) is 129 cm³/mol. The number of carbonyl (C=O) groups is 1. The van der Waals surface area contributed by atoms with E-state index in [9.17, 15) is 9.18 Å². The molecule has 0 unspecified atom stereocenters. The lowest BCUT2D eigenvalue weighted by molar-refractivity contribution is 0.103. The molecule has 8 heteroatoms. The molecule has 4 heterocycles. The molecule has 2 bridgehead atoms. The Bertz CT molecular complexity index is 1490. The van der Waals surface area contributed by atoms with Gasteiger partial charge in [0.15, 0.2) is 11.6 Å². The maximum absolute atomic E-state index is 14.3. The summed E-state index contributed by atoms with van der Waals surface area (Å²) in [6, 6.07) is 9.65. The van der Waals surface area contributed by atoms with Crippen molar-refractivity contribution in [2.24, 2.45) is 13.0 Å². The Balaban J connectivity index is 1.67. The van der Waals surface area contributed by atoms with Gasteiger partial charge in [-0.25, -0.2) is 9.37 Å². The first-order valence-corrected chi connectivity index (χ1v) is 11.7. The third-order valence-corrected chi connectivity index (χ3v) is 6.79. The highest BCUT2D eigenvalue weighted by molar-refractivity contribution is 6.14. The monoisotopic (exact) mass is 469 g/mol. The molecular weight excluding hydrogens is 445 g/mol. The first-order chi connectivity index (χ1) is 16.9. The number of benzene rings is 1. The molecule has 2 N–H and O–H groups in total. The van der Waals surface area contributed by atoms with Gasteiger partial charge < -0.3 is 10.5 Å². The zero-order chi connectivity index (χ0) is 24.3. The predicted octanol–water partition coefficient (Wildman–Crippen LogP) is 4.90. The van der Waals surface area contributed by atoms with Crippen molar-refractivity contribution in [3.63, 3.8) is 0 Å². The molecule has 1 atom stereocenters. The van der Waals surface area contributed by atoms with Gasteiger partial charge in [-0.1, -0.05) is 0 Å². The SMILES string of the molecule is C[C@H]1Oc2cc(cnc2N)-c2c(nn(C)c2CC2CC2)C(=O)c2cccnc2-c2ccc(F)cc21. The van der Waals surface area contributed by atoms with Crippen LogP contribution in [0, 0.1) is 11.7 Å². The molecule has 0 saturated heterocycles. The lowest BCUT2D eigenvalue weighted by Crippen LogP contribution is -2.12. The van der Waals surface area contributed by atoms with Crippen molar-refractivity contribution in [1.29, 1.82) is 0 Å². The zero-order valence-corrected chi connectivity index (χ0v) is 19.5. The van der Waals surface area contributed by atoms with Gasteiger partial charge in [-0.15, -0.1) is 0 Å². The minimum atomic E-state index is -0.580. The summed E-state index contributed by atoms with van der Waals surface area (Å²) >= 11 is 0. The van der Waals surface area contributed by atoms with E-state index in [1.54, 1.807) is 41.3 Å².